The Balaban J connectivity index is 1.69. The third-order valence-corrected chi connectivity index (χ3v) is 5.54. The highest BCUT2D eigenvalue weighted by molar-refractivity contribution is 9.11. The molecular weight excluding hydrogens is 326 g/mol. The van der Waals surface area contributed by atoms with Crippen LogP contribution < -0.4 is 0 Å². The number of halogens is 1. The van der Waals surface area contributed by atoms with Gasteiger partial charge in [0.1, 0.15) is 0 Å². The van der Waals surface area contributed by atoms with Crippen molar-refractivity contribution in [3.8, 4) is 0 Å². The maximum absolute atomic E-state index is 12.3. The highest BCUT2D eigenvalue weighted by Crippen LogP contribution is 2.36. The first-order valence-corrected chi connectivity index (χ1v) is 8.18. The molecule has 0 aromatic carbocycles. The number of fused-ring (bicyclic) bond motifs is 2. The van der Waals surface area contributed by atoms with Gasteiger partial charge in [-0.25, -0.2) is 0 Å². The highest BCUT2D eigenvalue weighted by atomic mass is 79.9. The number of carbonyl (C=O) groups excluding carboxylic acids is 1. The van der Waals surface area contributed by atoms with Crippen LogP contribution in [0.4, 0.5) is 0 Å². The molecule has 2 fully saturated rings. The molecule has 3 heterocycles. The van der Waals surface area contributed by atoms with E-state index < -0.39 is 0 Å². The topological polar surface area (TPSA) is 40.5 Å². The minimum atomic E-state index is -0.223. The molecule has 0 aliphatic carbocycles. The third kappa shape index (κ3) is 2.78. The van der Waals surface area contributed by atoms with Crippen LogP contribution >= 0.6 is 27.3 Å². The molecule has 5 heteroatoms. The van der Waals surface area contributed by atoms with Crippen molar-refractivity contribution in [3.05, 3.63) is 26.9 Å². The third-order valence-electron chi connectivity index (χ3n) is 3.95. The van der Waals surface area contributed by atoms with Crippen LogP contribution in [0.5, 0.6) is 0 Å². The zero-order valence-electron chi connectivity index (χ0n) is 10.5. The average molecular weight is 342 g/mol. The SMILES string of the molecule is O=C(/C=C/c1ccc(Br)s1)N1C2CCC1CC(O)C2. The molecule has 1 aromatic heterocycles. The lowest BCUT2D eigenvalue weighted by Gasteiger charge is -2.36. The maximum atomic E-state index is 12.3. The van der Waals surface area contributed by atoms with Crippen molar-refractivity contribution in [1.82, 2.24) is 4.90 Å². The molecule has 0 saturated carbocycles. The number of piperidine rings is 1. The van der Waals surface area contributed by atoms with Crippen LogP contribution in [0.3, 0.4) is 0 Å². The minimum absolute atomic E-state index is 0.0870. The first-order valence-electron chi connectivity index (χ1n) is 6.57. The van der Waals surface area contributed by atoms with Gasteiger partial charge in [-0.15, -0.1) is 11.3 Å². The van der Waals surface area contributed by atoms with Gasteiger partial charge in [-0.1, -0.05) is 0 Å². The summed E-state index contributed by atoms with van der Waals surface area (Å²) in [7, 11) is 0. The van der Waals surface area contributed by atoms with Gasteiger partial charge in [0.05, 0.1) is 9.89 Å². The number of hydrogen-bond acceptors (Lipinski definition) is 3. The Morgan fingerprint density at radius 3 is 2.63 bits per heavy atom. The molecular formula is C14H16BrNO2S. The van der Waals surface area contributed by atoms with Crippen molar-refractivity contribution in [1.29, 1.82) is 0 Å². The fourth-order valence-electron chi connectivity index (χ4n) is 3.17. The van der Waals surface area contributed by atoms with E-state index in [2.05, 4.69) is 15.9 Å². The Hall–Kier alpha value is -0.650. The van der Waals surface area contributed by atoms with E-state index in [-0.39, 0.29) is 24.1 Å². The number of carbonyl (C=O) groups is 1. The maximum Gasteiger partial charge on any atom is 0.247 e. The van der Waals surface area contributed by atoms with Crippen LogP contribution in [0.15, 0.2) is 22.0 Å². The van der Waals surface area contributed by atoms with Crippen molar-refractivity contribution in [3.63, 3.8) is 0 Å². The summed E-state index contributed by atoms with van der Waals surface area (Å²) in [6.07, 6.45) is 6.86. The van der Waals surface area contributed by atoms with Crippen molar-refractivity contribution in [2.24, 2.45) is 0 Å². The van der Waals surface area contributed by atoms with E-state index in [0.717, 1.165) is 34.3 Å². The molecule has 2 atom stereocenters. The molecule has 2 saturated heterocycles. The van der Waals surface area contributed by atoms with E-state index in [1.165, 1.54) is 0 Å². The Morgan fingerprint density at radius 2 is 2.05 bits per heavy atom. The Bertz CT molecular complexity index is 499. The van der Waals surface area contributed by atoms with Crippen molar-refractivity contribution < 1.29 is 9.90 Å². The number of rotatable bonds is 2. The predicted octanol–water partition coefficient (Wildman–Crippen LogP) is 3.04. The molecule has 2 aliphatic heterocycles. The second kappa shape index (κ2) is 5.38. The quantitative estimate of drug-likeness (QED) is 0.840. The number of thiophene rings is 1. The van der Waals surface area contributed by atoms with E-state index in [1.807, 2.05) is 23.1 Å². The molecule has 3 nitrogen and oxygen atoms in total. The minimum Gasteiger partial charge on any atom is -0.393 e. The van der Waals surface area contributed by atoms with Gasteiger partial charge < -0.3 is 10.0 Å². The normalized spacial score (nSPS) is 30.2. The number of nitrogens with zero attached hydrogens (tertiary/aromatic N) is 1. The van der Waals surface area contributed by atoms with E-state index in [9.17, 15) is 9.90 Å². The molecule has 1 aromatic rings. The van der Waals surface area contributed by atoms with Gasteiger partial charge >= 0.3 is 0 Å². The first kappa shape index (κ1) is 13.3. The van der Waals surface area contributed by atoms with Gasteiger partial charge in [0.2, 0.25) is 5.91 Å². The molecule has 2 bridgehead atoms. The van der Waals surface area contributed by atoms with E-state index in [1.54, 1.807) is 17.4 Å². The summed E-state index contributed by atoms with van der Waals surface area (Å²) in [6.45, 7) is 0. The largest absolute Gasteiger partial charge is 0.393 e. The Kier molecular flexibility index (Phi) is 3.78. The molecule has 1 amide bonds. The zero-order valence-corrected chi connectivity index (χ0v) is 12.9. The van der Waals surface area contributed by atoms with Crippen molar-refractivity contribution >= 4 is 39.2 Å². The fraction of sp³-hybridized carbons (Fsp3) is 0.500. The zero-order chi connectivity index (χ0) is 13.4. The molecule has 2 aliphatic rings. The molecule has 102 valence electrons. The van der Waals surface area contributed by atoms with Crippen molar-refractivity contribution in [2.45, 2.75) is 43.9 Å². The lowest BCUT2D eigenvalue weighted by Crippen LogP contribution is -2.47. The summed E-state index contributed by atoms with van der Waals surface area (Å²) >= 11 is 5.03. The summed E-state index contributed by atoms with van der Waals surface area (Å²) in [6, 6.07) is 4.45. The number of hydrogen-bond donors (Lipinski definition) is 1. The molecule has 0 spiro atoms. The molecule has 2 unspecified atom stereocenters. The summed E-state index contributed by atoms with van der Waals surface area (Å²) in [4.78, 5) is 15.3. The smallest absolute Gasteiger partial charge is 0.247 e. The summed E-state index contributed by atoms with van der Waals surface area (Å²) in [5, 5.41) is 9.74. The number of aliphatic hydroxyl groups is 1. The van der Waals surface area contributed by atoms with E-state index >= 15 is 0 Å². The van der Waals surface area contributed by atoms with Gasteiger partial charge in [-0.05, 0) is 59.8 Å². The van der Waals surface area contributed by atoms with Gasteiger partial charge in [-0.3, -0.25) is 4.79 Å². The average Bonchev–Trinajstić information content (AvgIpc) is 2.89. The molecule has 19 heavy (non-hydrogen) atoms. The van der Waals surface area contributed by atoms with Gasteiger partial charge in [-0.2, -0.15) is 0 Å². The fourth-order valence-corrected chi connectivity index (χ4v) is 4.49. The van der Waals surface area contributed by atoms with Crippen LogP contribution in [-0.2, 0) is 4.79 Å². The van der Waals surface area contributed by atoms with Gasteiger partial charge in [0, 0.05) is 23.0 Å². The Morgan fingerprint density at radius 1 is 1.37 bits per heavy atom. The van der Waals surface area contributed by atoms with Crippen LogP contribution in [0, 0.1) is 0 Å². The summed E-state index contributed by atoms with van der Waals surface area (Å²) in [5.74, 6) is 0.0870. The monoisotopic (exact) mass is 341 g/mol. The van der Waals surface area contributed by atoms with Crippen LogP contribution in [0.2, 0.25) is 0 Å². The van der Waals surface area contributed by atoms with Crippen molar-refractivity contribution in [2.75, 3.05) is 0 Å². The molecule has 1 N–H and O–H groups in total. The standard InChI is InChI=1S/C14H16BrNO2S/c15-13-5-3-12(19-13)4-6-14(18)16-9-1-2-10(16)8-11(17)7-9/h3-6,9-11,17H,1-2,7-8H2/b6-4+. The summed E-state index contributed by atoms with van der Waals surface area (Å²) in [5.41, 5.74) is 0. The highest BCUT2D eigenvalue weighted by Gasteiger charge is 2.41. The summed E-state index contributed by atoms with van der Waals surface area (Å²) < 4.78 is 1.07. The van der Waals surface area contributed by atoms with Crippen LogP contribution in [-0.4, -0.2) is 34.1 Å². The number of aliphatic hydroxyl groups excluding tert-OH is 1. The molecule has 0 radical (unpaired) electrons. The second-order valence-electron chi connectivity index (χ2n) is 5.23. The predicted molar refractivity (Wildman–Crippen MR) is 79.9 cm³/mol. The van der Waals surface area contributed by atoms with E-state index in [4.69, 9.17) is 0 Å². The van der Waals surface area contributed by atoms with E-state index in [0.29, 0.717) is 0 Å². The second-order valence-corrected chi connectivity index (χ2v) is 7.73. The first-order chi connectivity index (χ1) is 9.13. The number of amides is 1. The van der Waals surface area contributed by atoms with Gasteiger partial charge in [0.15, 0.2) is 0 Å². The molecule has 3 rings (SSSR count). The van der Waals surface area contributed by atoms with Gasteiger partial charge in [0.25, 0.3) is 0 Å². The van der Waals surface area contributed by atoms with Crippen LogP contribution in [0.1, 0.15) is 30.6 Å². The Labute approximate surface area is 125 Å². The lowest BCUT2D eigenvalue weighted by molar-refractivity contribution is -0.131. The lowest BCUT2D eigenvalue weighted by atomic mass is 10.00. The van der Waals surface area contributed by atoms with Crippen LogP contribution in [0.25, 0.3) is 6.08 Å².